The Morgan fingerprint density at radius 1 is 1.18 bits per heavy atom. The maximum atomic E-state index is 11.3. The first kappa shape index (κ1) is 20.3. The number of aliphatic carboxylic acids is 1. The number of thiazole rings is 1. The van der Waals surface area contributed by atoms with Crippen LogP contribution in [-0.4, -0.2) is 30.3 Å². The normalized spacial score (nSPS) is 10.6. The molecule has 2 aromatic carbocycles. The van der Waals surface area contributed by atoms with Crippen molar-refractivity contribution >= 4 is 51.3 Å². The second kappa shape index (κ2) is 8.68. The average Bonchev–Trinajstić information content (AvgIpc) is 3.04. The predicted octanol–water partition coefficient (Wildman–Crippen LogP) is 5.50. The number of carboxylic acids is 1. The van der Waals surface area contributed by atoms with Crippen molar-refractivity contribution in [3.63, 3.8) is 0 Å². The van der Waals surface area contributed by atoms with E-state index in [1.807, 2.05) is 0 Å². The molecular weight excluding hydrogens is 423 g/mol. The predicted molar refractivity (Wildman–Crippen MR) is 112 cm³/mol. The molecule has 0 saturated heterocycles. The molecular formula is C19H16Cl2N2O4S. The van der Waals surface area contributed by atoms with Crippen LogP contribution in [0.2, 0.25) is 10.0 Å². The number of anilines is 2. The van der Waals surface area contributed by atoms with Gasteiger partial charge in [0, 0.05) is 21.5 Å². The van der Waals surface area contributed by atoms with Gasteiger partial charge >= 0.3 is 5.97 Å². The zero-order chi connectivity index (χ0) is 20.3. The largest absolute Gasteiger partial charge is 0.497 e. The third-order valence-corrected chi connectivity index (χ3v) is 5.36. The second-order valence-corrected chi connectivity index (χ2v) is 7.60. The summed E-state index contributed by atoms with van der Waals surface area (Å²) in [6.07, 6.45) is -0.168. The molecule has 0 aliphatic rings. The van der Waals surface area contributed by atoms with Crippen molar-refractivity contribution in [2.45, 2.75) is 6.42 Å². The Bertz CT molecular complexity index is 1020. The van der Waals surface area contributed by atoms with Crippen LogP contribution in [0, 0.1) is 0 Å². The molecule has 0 saturated carbocycles. The quantitative estimate of drug-likeness (QED) is 0.506. The monoisotopic (exact) mass is 438 g/mol. The molecule has 1 aromatic heterocycles. The van der Waals surface area contributed by atoms with Gasteiger partial charge in [-0.2, -0.15) is 0 Å². The van der Waals surface area contributed by atoms with Crippen molar-refractivity contribution in [2.24, 2.45) is 0 Å². The second-order valence-electron chi connectivity index (χ2n) is 5.68. The summed E-state index contributed by atoms with van der Waals surface area (Å²) in [5, 5.41) is 13.9. The molecule has 28 heavy (non-hydrogen) atoms. The Morgan fingerprint density at radius 2 is 1.96 bits per heavy atom. The Hall–Kier alpha value is -2.48. The molecule has 0 aliphatic carbocycles. The molecule has 0 amide bonds. The fourth-order valence-corrected chi connectivity index (χ4v) is 4.01. The summed E-state index contributed by atoms with van der Waals surface area (Å²) in [7, 11) is 3.10. The highest BCUT2D eigenvalue weighted by Gasteiger charge is 2.20. The van der Waals surface area contributed by atoms with E-state index in [0.29, 0.717) is 48.5 Å². The first-order chi connectivity index (χ1) is 13.4. The third-order valence-electron chi connectivity index (χ3n) is 3.85. The van der Waals surface area contributed by atoms with Gasteiger partial charge in [0.25, 0.3) is 0 Å². The summed E-state index contributed by atoms with van der Waals surface area (Å²) in [6.45, 7) is 0. The lowest BCUT2D eigenvalue weighted by Gasteiger charge is -2.10. The van der Waals surface area contributed by atoms with Crippen LogP contribution in [0.15, 0.2) is 36.4 Å². The molecule has 0 bridgehead atoms. The van der Waals surface area contributed by atoms with E-state index in [2.05, 4.69) is 10.3 Å². The molecule has 6 nitrogen and oxygen atoms in total. The molecule has 0 fully saturated rings. The fraction of sp³-hybridized carbons (Fsp3) is 0.158. The van der Waals surface area contributed by atoms with E-state index in [-0.39, 0.29) is 6.42 Å². The molecule has 0 spiro atoms. The van der Waals surface area contributed by atoms with Gasteiger partial charge in [0.05, 0.1) is 37.0 Å². The maximum Gasteiger partial charge on any atom is 0.308 e. The topological polar surface area (TPSA) is 80.7 Å². The Balaban J connectivity index is 2.04. The van der Waals surface area contributed by atoms with Crippen LogP contribution >= 0.6 is 34.5 Å². The number of benzene rings is 2. The molecule has 0 radical (unpaired) electrons. The number of carbonyl (C=O) groups is 1. The van der Waals surface area contributed by atoms with Gasteiger partial charge in [0.1, 0.15) is 11.5 Å². The lowest BCUT2D eigenvalue weighted by Crippen LogP contribution is -2.00. The van der Waals surface area contributed by atoms with Crippen molar-refractivity contribution in [1.29, 1.82) is 0 Å². The minimum absolute atomic E-state index is 0.168. The number of hydrogen-bond donors (Lipinski definition) is 2. The fourth-order valence-electron chi connectivity index (χ4n) is 2.57. The number of carboxylic acid groups (broad SMARTS) is 1. The number of rotatable bonds is 7. The summed E-state index contributed by atoms with van der Waals surface area (Å²) in [4.78, 5) is 16.5. The van der Waals surface area contributed by atoms with Crippen LogP contribution in [0.1, 0.15) is 4.88 Å². The van der Waals surface area contributed by atoms with Gasteiger partial charge in [-0.1, -0.05) is 23.2 Å². The van der Waals surface area contributed by atoms with E-state index in [4.69, 9.17) is 32.7 Å². The average molecular weight is 439 g/mol. The highest BCUT2D eigenvalue weighted by molar-refractivity contribution is 7.16. The molecule has 9 heteroatoms. The van der Waals surface area contributed by atoms with Crippen molar-refractivity contribution in [2.75, 3.05) is 19.5 Å². The van der Waals surface area contributed by atoms with Crippen molar-refractivity contribution in [3.05, 3.63) is 51.3 Å². The summed E-state index contributed by atoms with van der Waals surface area (Å²) in [6, 6.07) is 10.3. The number of aromatic nitrogens is 1. The van der Waals surface area contributed by atoms with Crippen LogP contribution in [-0.2, 0) is 11.2 Å². The minimum Gasteiger partial charge on any atom is -0.497 e. The molecule has 2 N–H and O–H groups in total. The van der Waals surface area contributed by atoms with Crippen LogP contribution in [0.3, 0.4) is 0 Å². The van der Waals surface area contributed by atoms with E-state index < -0.39 is 5.97 Å². The summed E-state index contributed by atoms with van der Waals surface area (Å²) in [5.74, 6) is 0.211. The summed E-state index contributed by atoms with van der Waals surface area (Å²) >= 11 is 13.4. The Labute approximate surface area is 175 Å². The maximum absolute atomic E-state index is 11.3. The van der Waals surface area contributed by atoms with Crippen LogP contribution < -0.4 is 14.8 Å². The lowest BCUT2D eigenvalue weighted by atomic mass is 10.1. The lowest BCUT2D eigenvalue weighted by molar-refractivity contribution is -0.136. The van der Waals surface area contributed by atoms with E-state index in [0.717, 1.165) is 0 Å². The van der Waals surface area contributed by atoms with Crippen molar-refractivity contribution < 1.29 is 19.4 Å². The van der Waals surface area contributed by atoms with Crippen molar-refractivity contribution in [1.82, 2.24) is 4.98 Å². The van der Waals surface area contributed by atoms with Gasteiger partial charge in [0.2, 0.25) is 0 Å². The highest BCUT2D eigenvalue weighted by atomic mass is 35.5. The molecule has 3 rings (SSSR count). The molecule has 0 aliphatic heterocycles. The smallest absolute Gasteiger partial charge is 0.308 e. The van der Waals surface area contributed by atoms with E-state index in [1.165, 1.54) is 18.4 Å². The standard InChI is InChI=1S/C19H16Cl2N2O4S/c1-26-11-4-5-12(15(8-11)27-2)18-16(9-17(24)25)28-19(23-18)22-14-6-3-10(20)7-13(14)21/h3-8H,9H2,1-2H3,(H,22,23)(H,24,25). The van der Waals surface area contributed by atoms with Gasteiger partial charge in [-0.3, -0.25) is 4.79 Å². The molecule has 1 heterocycles. The van der Waals surface area contributed by atoms with Gasteiger partial charge in [0.15, 0.2) is 5.13 Å². The molecule has 0 atom stereocenters. The van der Waals surface area contributed by atoms with E-state index >= 15 is 0 Å². The zero-order valence-electron chi connectivity index (χ0n) is 15.0. The number of halogens is 2. The summed E-state index contributed by atoms with van der Waals surface area (Å²) in [5.41, 5.74) is 1.82. The molecule has 0 unspecified atom stereocenters. The number of hydrogen-bond acceptors (Lipinski definition) is 6. The Kier molecular flexibility index (Phi) is 6.28. The number of nitrogens with one attached hydrogen (secondary N) is 1. The number of methoxy groups -OCH3 is 2. The van der Waals surface area contributed by atoms with Crippen LogP contribution in [0.25, 0.3) is 11.3 Å². The Morgan fingerprint density at radius 3 is 2.61 bits per heavy atom. The SMILES string of the molecule is COc1ccc(-c2nc(Nc3ccc(Cl)cc3Cl)sc2CC(=O)O)c(OC)c1. The van der Waals surface area contributed by atoms with Gasteiger partial charge in [-0.15, -0.1) is 11.3 Å². The van der Waals surface area contributed by atoms with Crippen LogP contribution in [0.4, 0.5) is 10.8 Å². The van der Waals surface area contributed by atoms with Gasteiger partial charge in [-0.25, -0.2) is 4.98 Å². The van der Waals surface area contributed by atoms with Gasteiger partial charge in [-0.05, 0) is 30.3 Å². The van der Waals surface area contributed by atoms with Crippen LogP contribution in [0.5, 0.6) is 11.5 Å². The number of nitrogens with zero attached hydrogens (tertiary/aromatic N) is 1. The first-order valence-electron chi connectivity index (χ1n) is 8.07. The van der Waals surface area contributed by atoms with Gasteiger partial charge < -0.3 is 19.9 Å². The third kappa shape index (κ3) is 4.49. The first-order valence-corrected chi connectivity index (χ1v) is 9.64. The highest BCUT2D eigenvalue weighted by Crippen LogP contribution is 2.40. The number of ether oxygens (including phenoxy) is 2. The van der Waals surface area contributed by atoms with E-state index in [9.17, 15) is 9.90 Å². The molecule has 146 valence electrons. The van der Waals surface area contributed by atoms with E-state index in [1.54, 1.807) is 43.5 Å². The van der Waals surface area contributed by atoms with Crippen molar-refractivity contribution in [3.8, 4) is 22.8 Å². The summed E-state index contributed by atoms with van der Waals surface area (Å²) < 4.78 is 10.7. The minimum atomic E-state index is -0.951. The molecule has 3 aromatic rings. The zero-order valence-corrected chi connectivity index (χ0v) is 17.3.